The number of thioether (sulfide) groups is 1. The van der Waals surface area contributed by atoms with Crippen molar-refractivity contribution in [2.45, 2.75) is 22.9 Å². The van der Waals surface area contributed by atoms with E-state index < -0.39 is 6.36 Å². The number of benzene rings is 1. The van der Waals surface area contributed by atoms with Crippen LogP contribution in [0.25, 0.3) is 0 Å². The van der Waals surface area contributed by atoms with Crippen LogP contribution in [0.4, 0.5) is 13.2 Å². The minimum absolute atomic E-state index is 0.0767. The van der Waals surface area contributed by atoms with Gasteiger partial charge in [-0.3, -0.25) is 0 Å². The Morgan fingerprint density at radius 3 is 2.47 bits per heavy atom. The van der Waals surface area contributed by atoms with Crippen molar-refractivity contribution in [1.82, 2.24) is 10.2 Å². The lowest BCUT2D eigenvalue weighted by Gasteiger charge is -2.12. The van der Waals surface area contributed by atoms with Crippen LogP contribution in [0.15, 0.2) is 34.1 Å². The predicted octanol–water partition coefficient (Wildman–Crippen LogP) is 4.29. The van der Waals surface area contributed by atoms with Gasteiger partial charge in [-0.1, -0.05) is 35.2 Å². The van der Waals surface area contributed by atoms with E-state index in [1.807, 2.05) is 6.92 Å². The molecule has 2 rings (SSSR count). The van der Waals surface area contributed by atoms with E-state index in [1.54, 1.807) is 17.6 Å². The highest BCUT2D eigenvalue weighted by atomic mass is 32.2. The molecule has 3 nitrogen and oxygen atoms in total. The molecule has 1 aromatic heterocycles. The molecule has 19 heavy (non-hydrogen) atoms. The first-order valence-electron chi connectivity index (χ1n) is 5.22. The van der Waals surface area contributed by atoms with Crippen LogP contribution >= 0.6 is 23.1 Å². The van der Waals surface area contributed by atoms with Gasteiger partial charge in [0.2, 0.25) is 0 Å². The molecule has 0 aliphatic heterocycles. The SMILES string of the molecule is CC(Sc1nncs1)c1ccc(OC(F)(F)F)cc1. The summed E-state index contributed by atoms with van der Waals surface area (Å²) in [6.07, 6.45) is -4.66. The Hall–Kier alpha value is -1.28. The molecule has 1 heterocycles. The number of halogens is 3. The molecule has 0 fully saturated rings. The summed E-state index contributed by atoms with van der Waals surface area (Å²) in [7, 11) is 0. The van der Waals surface area contributed by atoms with Gasteiger partial charge in [-0.2, -0.15) is 0 Å². The molecular formula is C11H9F3N2OS2. The first kappa shape index (κ1) is 14.1. The zero-order chi connectivity index (χ0) is 13.9. The van der Waals surface area contributed by atoms with Gasteiger partial charge in [-0.15, -0.1) is 23.4 Å². The van der Waals surface area contributed by atoms with E-state index in [4.69, 9.17) is 0 Å². The highest BCUT2D eigenvalue weighted by Crippen LogP contribution is 2.36. The summed E-state index contributed by atoms with van der Waals surface area (Å²) in [5.41, 5.74) is 2.53. The van der Waals surface area contributed by atoms with Gasteiger partial charge in [0.15, 0.2) is 4.34 Å². The first-order valence-corrected chi connectivity index (χ1v) is 6.98. The van der Waals surface area contributed by atoms with Gasteiger partial charge < -0.3 is 4.74 Å². The average molecular weight is 306 g/mol. The molecule has 1 aromatic carbocycles. The Bertz CT molecular complexity index is 514. The van der Waals surface area contributed by atoms with Crippen LogP contribution < -0.4 is 4.74 Å². The number of hydrogen-bond donors (Lipinski definition) is 0. The third-order valence-electron chi connectivity index (χ3n) is 2.20. The molecule has 0 saturated heterocycles. The number of alkyl halides is 3. The fourth-order valence-corrected chi connectivity index (χ4v) is 3.13. The Morgan fingerprint density at radius 1 is 1.26 bits per heavy atom. The Labute approximate surface area is 115 Å². The lowest BCUT2D eigenvalue weighted by molar-refractivity contribution is -0.274. The zero-order valence-corrected chi connectivity index (χ0v) is 11.4. The molecule has 2 aromatic rings. The van der Waals surface area contributed by atoms with E-state index in [0.29, 0.717) is 0 Å². The quantitative estimate of drug-likeness (QED) is 0.789. The van der Waals surface area contributed by atoms with Crippen LogP contribution in [0.2, 0.25) is 0 Å². The maximum atomic E-state index is 12.0. The molecular weight excluding hydrogens is 297 g/mol. The van der Waals surface area contributed by atoms with Crippen molar-refractivity contribution in [3.8, 4) is 5.75 Å². The van der Waals surface area contributed by atoms with Gasteiger partial charge in [-0.25, -0.2) is 0 Å². The third kappa shape index (κ3) is 4.39. The molecule has 0 saturated carbocycles. The van der Waals surface area contributed by atoms with Gasteiger partial charge in [0.05, 0.1) is 0 Å². The normalized spacial score (nSPS) is 13.3. The Morgan fingerprint density at radius 2 is 1.95 bits per heavy atom. The second-order valence-electron chi connectivity index (χ2n) is 3.58. The van der Waals surface area contributed by atoms with Crippen molar-refractivity contribution in [3.63, 3.8) is 0 Å². The Balaban J connectivity index is 2.01. The van der Waals surface area contributed by atoms with E-state index >= 15 is 0 Å². The summed E-state index contributed by atoms with van der Waals surface area (Å²) < 4.78 is 40.7. The molecule has 1 unspecified atom stereocenters. The molecule has 0 bridgehead atoms. The molecule has 0 N–H and O–H groups in total. The second kappa shape index (κ2) is 5.79. The van der Waals surface area contributed by atoms with Crippen molar-refractivity contribution in [3.05, 3.63) is 35.3 Å². The summed E-state index contributed by atoms with van der Waals surface area (Å²) in [5.74, 6) is -0.218. The van der Waals surface area contributed by atoms with Crippen molar-refractivity contribution in [1.29, 1.82) is 0 Å². The van der Waals surface area contributed by atoms with Gasteiger partial charge in [-0.05, 0) is 24.6 Å². The van der Waals surface area contributed by atoms with Crippen LogP contribution in [0.5, 0.6) is 5.75 Å². The van der Waals surface area contributed by atoms with Crippen LogP contribution in [-0.2, 0) is 0 Å². The topological polar surface area (TPSA) is 35.0 Å². The van der Waals surface area contributed by atoms with Crippen LogP contribution in [0.1, 0.15) is 17.7 Å². The monoisotopic (exact) mass is 306 g/mol. The maximum absolute atomic E-state index is 12.0. The fourth-order valence-electron chi connectivity index (χ4n) is 1.37. The van der Waals surface area contributed by atoms with Gasteiger partial charge in [0.25, 0.3) is 0 Å². The summed E-state index contributed by atoms with van der Waals surface area (Å²) in [4.78, 5) is 0. The summed E-state index contributed by atoms with van der Waals surface area (Å²) in [5, 5.41) is 7.71. The molecule has 0 radical (unpaired) electrons. The maximum Gasteiger partial charge on any atom is 0.573 e. The molecule has 0 aliphatic carbocycles. The van der Waals surface area contributed by atoms with Gasteiger partial charge in [0.1, 0.15) is 11.3 Å². The fraction of sp³-hybridized carbons (Fsp3) is 0.273. The van der Waals surface area contributed by atoms with Crippen molar-refractivity contribution in [2.75, 3.05) is 0 Å². The van der Waals surface area contributed by atoms with Crippen molar-refractivity contribution < 1.29 is 17.9 Å². The number of aromatic nitrogens is 2. The predicted molar refractivity (Wildman–Crippen MR) is 67.3 cm³/mol. The van der Waals surface area contributed by atoms with E-state index in [-0.39, 0.29) is 11.0 Å². The zero-order valence-electron chi connectivity index (χ0n) is 9.72. The molecule has 1 atom stereocenters. The van der Waals surface area contributed by atoms with Crippen LogP contribution in [0, 0.1) is 0 Å². The standard InChI is InChI=1S/C11H9F3N2OS2/c1-7(19-10-16-15-6-18-10)8-2-4-9(5-3-8)17-11(12,13)14/h2-7H,1H3. The lowest BCUT2D eigenvalue weighted by Crippen LogP contribution is -2.17. The Kier molecular flexibility index (Phi) is 4.31. The van der Waals surface area contributed by atoms with E-state index in [2.05, 4.69) is 14.9 Å². The summed E-state index contributed by atoms with van der Waals surface area (Å²) in [6.45, 7) is 1.95. The van der Waals surface area contributed by atoms with Gasteiger partial charge >= 0.3 is 6.36 Å². The summed E-state index contributed by atoms with van der Waals surface area (Å²) >= 11 is 2.93. The number of hydrogen-bond acceptors (Lipinski definition) is 5. The molecule has 102 valence electrons. The molecule has 0 spiro atoms. The number of rotatable bonds is 4. The average Bonchev–Trinajstić information content (AvgIpc) is 2.80. The molecule has 8 heteroatoms. The molecule has 0 amide bonds. The smallest absolute Gasteiger partial charge is 0.406 e. The van der Waals surface area contributed by atoms with E-state index in [1.165, 1.54) is 35.2 Å². The second-order valence-corrected chi connectivity index (χ2v) is 6.00. The number of ether oxygens (including phenoxy) is 1. The van der Waals surface area contributed by atoms with E-state index in [0.717, 1.165) is 9.90 Å². The lowest BCUT2D eigenvalue weighted by atomic mass is 10.2. The summed E-state index contributed by atoms with van der Waals surface area (Å²) in [6, 6.07) is 5.83. The van der Waals surface area contributed by atoms with Crippen LogP contribution in [0.3, 0.4) is 0 Å². The highest BCUT2D eigenvalue weighted by molar-refractivity contribution is 8.01. The van der Waals surface area contributed by atoms with E-state index in [9.17, 15) is 13.2 Å². The van der Waals surface area contributed by atoms with Gasteiger partial charge in [0, 0.05) is 5.25 Å². The first-order chi connectivity index (χ1) is 8.94. The van der Waals surface area contributed by atoms with Crippen molar-refractivity contribution >= 4 is 23.1 Å². The molecule has 0 aliphatic rings. The third-order valence-corrected chi connectivity index (χ3v) is 4.17. The minimum atomic E-state index is -4.66. The highest BCUT2D eigenvalue weighted by Gasteiger charge is 2.31. The largest absolute Gasteiger partial charge is 0.573 e. The van der Waals surface area contributed by atoms with Crippen LogP contribution in [-0.4, -0.2) is 16.6 Å². The minimum Gasteiger partial charge on any atom is -0.406 e. The van der Waals surface area contributed by atoms with Crippen molar-refractivity contribution in [2.24, 2.45) is 0 Å². The number of nitrogens with zero attached hydrogens (tertiary/aromatic N) is 2.